The Morgan fingerprint density at radius 3 is 2.76 bits per heavy atom. The Morgan fingerprint density at radius 1 is 1.35 bits per heavy atom. The molecule has 1 aliphatic rings. The number of carboxylic acid groups (broad SMARTS) is 1. The van der Waals surface area contributed by atoms with Crippen LogP contribution in [0, 0.1) is 18.3 Å². The zero-order valence-corrected chi connectivity index (χ0v) is 9.95. The molecule has 2 atom stereocenters. The van der Waals surface area contributed by atoms with Gasteiger partial charge in [0.05, 0.1) is 5.92 Å². The van der Waals surface area contributed by atoms with Crippen molar-refractivity contribution in [1.29, 1.82) is 0 Å². The van der Waals surface area contributed by atoms with Crippen LogP contribution >= 0.6 is 0 Å². The van der Waals surface area contributed by atoms with Gasteiger partial charge in [-0.15, -0.1) is 12.3 Å². The lowest BCUT2D eigenvalue weighted by atomic mass is 10.0. The number of hydrogen-bond donors (Lipinski definition) is 2. The summed E-state index contributed by atoms with van der Waals surface area (Å²) in [5.74, 6) is 1.25. The molecule has 1 amide bonds. The molecule has 1 fully saturated rings. The third-order valence-electron chi connectivity index (χ3n) is 3.15. The van der Waals surface area contributed by atoms with Crippen LogP contribution in [0.25, 0.3) is 0 Å². The Hall–Kier alpha value is -1.50. The van der Waals surface area contributed by atoms with E-state index in [1.54, 1.807) is 0 Å². The second kappa shape index (κ2) is 6.95. The molecule has 2 unspecified atom stereocenters. The van der Waals surface area contributed by atoms with E-state index in [1.807, 2.05) is 0 Å². The summed E-state index contributed by atoms with van der Waals surface area (Å²) in [6.45, 7) is 0. The van der Waals surface area contributed by atoms with E-state index >= 15 is 0 Å². The third-order valence-corrected chi connectivity index (χ3v) is 3.15. The minimum atomic E-state index is -0.805. The number of carbonyl (C=O) groups is 2. The fraction of sp³-hybridized carbons (Fsp3) is 0.692. The summed E-state index contributed by atoms with van der Waals surface area (Å²) >= 11 is 0. The van der Waals surface area contributed by atoms with Crippen molar-refractivity contribution in [2.45, 2.75) is 51.0 Å². The highest BCUT2D eigenvalue weighted by atomic mass is 16.4. The van der Waals surface area contributed by atoms with Crippen LogP contribution < -0.4 is 5.32 Å². The van der Waals surface area contributed by atoms with E-state index in [0.29, 0.717) is 19.3 Å². The first-order valence-corrected chi connectivity index (χ1v) is 6.10. The Bertz CT molecular complexity index is 319. The number of amides is 1. The first-order chi connectivity index (χ1) is 8.15. The average Bonchev–Trinajstić information content (AvgIpc) is 2.72. The predicted molar refractivity (Wildman–Crippen MR) is 64.2 cm³/mol. The monoisotopic (exact) mass is 237 g/mol. The van der Waals surface area contributed by atoms with Gasteiger partial charge in [0, 0.05) is 18.9 Å². The van der Waals surface area contributed by atoms with Crippen molar-refractivity contribution in [3.05, 3.63) is 0 Å². The fourth-order valence-corrected chi connectivity index (χ4v) is 2.22. The highest BCUT2D eigenvalue weighted by Gasteiger charge is 2.33. The molecule has 0 aromatic heterocycles. The van der Waals surface area contributed by atoms with Crippen molar-refractivity contribution in [3.8, 4) is 12.3 Å². The van der Waals surface area contributed by atoms with Crippen LogP contribution in [0.4, 0.5) is 0 Å². The quantitative estimate of drug-likeness (QED) is 0.544. The average molecular weight is 237 g/mol. The van der Waals surface area contributed by atoms with E-state index < -0.39 is 11.9 Å². The van der Waals surface area contributed by atoms with E-state index in [2.05, 4.69) is 11.2 Å². The molecule has 1 aliphatic carbocycles. The standard InChI is InChI=1S/C13H19NO3/c1-2-3-4-5-9-12(15)14-11-8-6-7-10(11)13(16)17/h1,10-11H,3-9H2,(H,14,15)(H,16,17). The number of carbonyl (C=O) groups excluding carboxylic acids is 1. The molecule has 0 heterocycles. The van der Waals surface area contributed by atoms with Gasteiger partial charge in [-0.1, -0.05) is 6.42 Å². The summed E-state index contributed by atoms with van der Waals surface area (Å²) < 4.78 is 0. The van der Waals surface area contributed by atoms with Gasteiger partial charge in [-0.2, -0.15) is 0 Å². The molecule has 1 rings (SSSR count). The summed E-state index contributed by atoms with van der Waals surface area (Å²) in [5.41, 5.74) is 0. The van der Waals surface area contributed by atoms with Crippen molar-refractivity contribution in [1.82, 2.24) is 5.32 Å². The maximum absolute atomic E-state index is 11.6. The van der Waals surface area contributed by atoms with Gasteiger partial charge in [-0.3, -0.25) is 9.59 Å². The van der Waals surface area contributed by atoms with E-state index in [-0.39, 0.29) is 11.9 Å². The molecule has 0 aliphatic heterocycles. The van der Waals surface area contributed by atoms with Gasteiger partial charge in [0.2, 0.25) is 5.91 Å². The Kier molecular flexibility index (Phi) is 5.55. The van der Waals surface area contributed by atoms with Crippen LogP contribution in [0.15, 0.2) is 0 Å². The summed E-state index contributed by atoms with van der Waals surface area (Å²) in [6, 6.07) is -0.187. The maximum atomic E-state index is 11.6. The maximum Gasteiger partial charge on any atom is 0.308 e. The van der Waals surface area contributed by atoms with Gasteiger partial charge < -0.3 is 10.4 Å². The van der Waals surface area contributed by atoms with E-state index in [1.165, 1.54) is 0 Å². The van der Waals surface area contributed by atoms with E-state index in [9.17, 15) is 9.59 Å². The number of nitrogens with one attached hydrogen (secondary N) is 1. The molecule has 0 spiro atoms. The number of terminal acetylenes is 1. The lowest BCUT2D eigenvalue weighted by Crippen LogP contribution is -2.40. The number of carboxylic acids is 1. The van der Waals surface area contributed by atoms with Gasteiger partial charge in [0.15, 0.2) is 0 Å². The number of unbranched alkanes of at least 4 members (excludes halogenated alkanes) is 2. The first kappa shape index (κ1) is 13.6. The van der Waals surface area contributed by atoms with Crippen LogP contribution in [0.5, 0.6) is 0 Å². The zero-order chi connectivity index (χ0) is 12.7. The van der Waals surface area contributed by atoms with E-state index in [0.717, 1.165) is 25.7 Å². The highest BCUT2D eigenvalue weighted by molar-refractivity contribution is 5.78. The molecule has 0 aromatic rings. The van der Waals surface area contributed by atoms with Crippen molar-refractivity contribution >= 4 is 11.9 Å². The molecule has 0 saturated heterocycles. The lowest BCUT2D eigenvalue weighted by molar-refractivity contribution is -0.142. The van der Waals surface area contributed by atoms with Gasteiger partial charge in [0.1, 0.15) is 0 Å². The van der Waals surface area contributed by atoms with Gasteiger partial charge in [-0.25, -0.2) is 0 Å². The largest absolute Gasteiger partial charge is 0.481 e. The highest BCUT2D eigenvalue weighted by Crippen LogP contribution is 2.25. The van der Waals surface area contributed by atoms with Gasteiger partial charge in [-0.05, 0) is 25.7 Å². The van der Waals surface area contributed by atoms with Crippen LogP contribution in [0.1, 0.15) is 44.9 Å². The Morgan fingerprint density at radius 2 is 2.12 bits per heavy atom. The number of rotatable bonds is 6. The molecule has 17 heavy (non-hydrogen) atoms. The molecule has 94 valence electrons. The molecule has 4 heteroatoms. The van der Waals surface area contributed by atoms with Crippen LogP contribution in [-0.4, -0.2) is 23.0 Å². The molecule has 0 aromatic carbocycles. The zero-order valence-electron chi connectivity index (χ0n) is 9.95. The molecular weight excluding hydrogens is 218 g/mol. The fourth-order valence-electron chi connectivity index (χ4n) is 2.22. The Balaban J connectivity index is 2.26. The predicted octanol–water partition coefficient (Wildman–Crippen LogP) is 1.55. The van der Waals surface area contributed by atoms with Crippen molar-refractivity contribution in [2.24, 2.45) is 5.92 Å². The molecule has 4 nitrogen and oxygen atoms in total. The third kappa shape index (κ3) is 4.48. The van der Waals surface area contributed by atoms with Gasteiger partial charge in [0.25, 0.3) is 0 Å². The smallest absolute Gasteiger partial charge is 0.308 e. The second-order valence-electron chi connectivity index (χ2n) is 4.46. The SMILES string of the molecule is C#CCCCCC(=O)NC1CCCC1C(=O)O. The second-order valence-corrected chi connectivity index (χ2v) is 4.46. The normalized spacial score (nSPS) is 23.0. The first-order valence-electron chi connectivity index (χ1n) is 6.10. The molecule has 0 radical (unpaired) electrons. The van der Waals surface area contributed by atoms with Crippen molar-refractivity contribution < 1.29 is 14.7 Å². The summed E-state index contributed by atoms with van der Waals surface area (Å²) in [4.78, 5) is 22.5. The topological polar surface area (TPSA) is 66.4 Å². The minimum Gasteiger partial charge on any atom is -0.481 e. The molecule has 1 saturated carbocycles. The van der Waals surface area contributed by atoms with Crippen LogP contribution in [-0.2, 0) is 9.59 Å². The number of hydrogen-bond acceptors (Lipinski definition) is 2. The summed E-state index contributed by atoms with van der Waals surface area (Å²) in [5, 5.41) is 11.8. The Labute approximate surface area is 102 Å². The van der Waals surface area contributed by atoms with Crippen molar-refractivity contribution in [3.63, 3.8) is 0 Å². The molecule has 0 bridgehead atoms. The van der Waals surface area contributed by atoms with Crippen LogP contribution in [0.3, 0.4) is 0 Å². The van der Waals surface area contributed by atoms with Crippen molar-refractivity contribution in [2.75, 3.05) is 0 Å². The molecular formula is C13H19NO3. The molecule has 2 N–H and O–H groups in total. The van der Waals surface area contributed by atoms with E-state index in [4.69, 9.17) is 11.5 Å². The summed E-state index contributed by atoms with van der Waals surface area (Å²) in [6.07, 6.45) is 10.2. The minimum absolute atomic E-state index is 0.0554. The van der Waals surface area contributed by atoms with Crippen LogP contribution in [0.2, 0.25) is 0 Å². The number of aliphatic carboxylic acids is 1. The lowest BCUT2D eigenvalue weighted by Gasteiger charge is -2.17. The van der Waals surface area contributed by atoms with Gasteiger partial charge >= 0.3 is 5.97 Å². The summed E-state index contributed by atoms with van der Waals surface area (Å²) in [7, 11) is 0.